The summed E-state index contributed by atoms with van der Waals surface area (Å²) in [6.45, 7) is 4.34. The van der Waals surface area contributed by atoms with Crippen LogP contribution in [0.2, 0.25) is 0 Å². The predicted molar refractivity (Wildman–Crippen MR) is 81.7 cm³/mol. The second-order valence-corrected chi connectivity index (χ2v) is 5.76. The van der Waals surface area contributed by atoms with Crippen molar-refractivity contribution >= 4 is 22.8 Å². The summed E-state index contributed by atoms with van der Waals surface area (Å²) in [5.41, 5.74) is 4.31. The van der Waals surface area contributed by atoms with Crippen LogP contribution in [-0.4, -0.2) is 25.0 Å². The third-order valence-electron chi connectivity index (χ3n) is 3.97. The highest BCUT2D eigenvalue weighted by Gasteiger charge is 2.13. The lowest BCUT2D eigenvalue weighted by molar-refractivity contribution is -0.136. The van der Waals surface area contributed by atoms with Crippen molar-refractivity contribution in [3.05, 3.63) is 35.7 Å². The third-order valence-corrected chi connectivity index (χ3v) is 3.97. The minimum atomic E-state index is -0.777. The molecule has 0 spiro atoms. The largest absolute Gasteiger partial charge is 0.481 e. The molecule has 21 heavy (non-hydrogen) atoms. The number of rotatable bonds is 4. The average Bonchev–Trinajstić information content (AvgIpc) is 2.93. The molecule has 0 aliphatic carbocycles. The smallest absolute Gasteiger partial charge is 0.303 e. The molecular weight excluding hydrogens is 266 g/mol. The molecule has 0 aliphatic rings. The standard InChI is InChI=1S/C16H19N3O2/c1-10(2)11-4-6-13-14(8-11)19-9-12(5-7-15(20)21)18(3)16(19)17-13/h4,6,8-10H,5,7H2,1-3H3,(H,20,21). The SMILES string of the molecule is CC(C)c1ccc2nc3n(C)c(CCC(=O)O)cn3c2c1. The van der Waals surface area contributed by atoms with Crippen LogP contribution in [-0.2, 0) is 18.3 Å². The quantitative estimate of drug-likeness (QED) is 0.801. The Labute approximate surface area is 122 Å². The zero-order valence-corrected chi connectivity index (χ0v) is 12.5. The Kier molecular flexibility index (Phi) is 3.20. The van der Waals surface area contributed by atoms with Crippen LogP contribution in [0.1, 0.15) is 37.4 Å². The number of aryl methyl sites for hydroxylation is 2. The monoisotopic (exact) mass is 285 g/mol. The van der Waals surface area contributed by atoms with Crippen molar-refractivity contribution in [1.29, 1.82) is 0 Å². The van der Waals surface area contributed by atoms with Crippen molar-refractivity contribution in [3.8, 4) is 0 Å². The maximum Gasteiger partial charge on any atom is 0.303 e. The number of aliphatic carboxylic acids is 1. The highest BCUT2D eigenvalue weighted by atomic mass is 16.4. The molecule has 0 atom stereocenters. The number of carboxylic acid groups (broad SMARTS) is 1. The molecule has 5 heteroatoms. The first kappa shape index (κ1) is 13.7. The summed E-state index contributed by atoms with van der Waals surface area (Å²) in [7, 11) is 1.93. The molecule has 1 N–H and O–H groups in total. The lowest BCUT2D eigenvalue weighted by Gasteiger charge is -2.04. The molecule has 0 unspecified atom stereocenters. The van der Waals surface area contributed by atoms with E-state index in [-0.39, 0.29) is 6.42 Å². The van der Waals surface area contributed by atoms with Crippen LogP contribution in [0.4, 0.5) is 0 Å². The van der Waals surface area contributed by atoms with Gasteiger partial charge < -0.3 is 9.67 Å². The van der Waals surface area contributed by atoms with E-state index in [0.29, 0.717) is 12.3 Å². The van der Waals surface area contributed by atoms with Gasteiger partial charge in [-0.25, -0.2) is 4.98 Å². The number of carboxylic acids is 1. The number of aromatic nitrogens is 3. The molecule has 0 bridgehead atoms. The molecule has 3 rings (SSSR count). The minimum absolute atomic E-state index is 0.135. The summed E-state index contributed by atoms with van der Waals surface area (Å²) in [4.78, 5) is 15.4. The Morgan fingerprint density at radius 2 is 2.14 bits per heavy atom. The molecule has 0 saturated carbocycles. The molecule has 5 nitrogen and oxygen atoms in total. The van der Waals surface area contributed by atoms with Crippen molar-refractivity contribution in [2.45, 2.75) is 32.6 Å². The lowest BCUT2D eigenvalue weighted by atomic mass is 10.0. The molecule has 110 valence electrons. The van der Waals surface area contributed by atoms with Crippen LogP contribution >= 0.6 is 0 Å². The Morgan fingerprint density at radius 3 is 2.81 bits per heavy atom. The minimum Gasteiger partial charge on any atom is -0.481 e. The van der Waals surface area contributed by atoms with Gasteiger partial charge in [0.25, 0.3) is 0 Å². The number of hydrogen-bond donors (Lipinski definition) is 1. The Balaban J connectivity index is 2.13. The summed E-state index contributed by atoms with van der Waals surface area (Å²) in [6.07, 6.45) is 2.65. The molecule has 0 fully saturated rings. The van der Waals surface area contributed by atoms with Gasteiger partial charge >= 0.3 is 5.97 Å². The van der Waals surface area contributed by atoms with Crippen LogP contribution in [0, 0.1) is 0 Å². The fourth-order valence-corrected chi connectivity index (χ4v) is 2.65. The summed E-state index contributed by atoms with van der Waals surface area (Å²) >= 11 is 0. The van der Waals surface area contributed by atoms with Gasteiger partial charge in [0.05, 0.1) is 17.5 Å². The van der Waals surface area contributed by atoms with Gasteiger partial charge in [0, 0.05) is 18.9 Å². The Bertz CT molecular complexity index is 827. The maximum absolute atomic E-state index is 10.7. The molecule has 0 aliphatic heterocycles. The van der Waals surface area contributed by atoms with Crippen LogP contribution < -0.4 is 0 Å². The number of benzene rings is 1. The normalized spacial score (nSPS) is 11.8. The zero-order chi connectivity index (χ0) is 15.1. The molecule has 2 heterocycles. The van der Waals surface area contributed by atoms with E-state index in [1.54, 1.807) is 0 Å². The van der Waals surface area contributed by atoms with E-state index in [1.165, 1.54) is 5.56 Å². The summed E-state index contributed by atoms with van der Waals surface area (Å²) in [5, 5.41) is 8.83. The van der Waals surface area contributed by atoms with Crippen molar-refractivity contribution in [2.75, 3.05) is 0 Å². The van der Waals surface area contributed by atoms with Gasteiger partial charge in [0.2, 0.25) is 5.78 Å². The second-order valence-electron chi connectivity index (χ2n) is 5.76. The highest BCUT2D eigenvalue weighted by Crippen LogP contribution is 2.24. The van der Waals surface area contributed by atoms with Crippen molar-refractivity contribution in [3.63, 3.8) is 0 Å². The summed E-state index contributed by atoms with van der Waals surface area (Å²) in [5.74, 6) is 0.544. The molecular formula is C16H19N3O2. The van der Waals surface area contributed by atoms with Crippen molar-refractivity contribution in [2.24, 2.45) is 7.05 Å². The van der Waals surface area contributed by atoms with E-state index in [2.05, 4.69) is 41.4 Å². The fourth-order valence-electron chi connectivity index (χ4n) is 2.65. The number of nitrogens with zero attached hydrogens (tertiary/aromatic N) is 3. The Morgan fingerprint density at radius 1 is 1.38 bits per heavy atom. The topological polar surface area (TPSA) is 59.5 Å². The van der Waals surface area contributed by atoms with Gasteiger partial charge in [-0.3, -0.25) is 9.20 Å². The predicted octanol–water partition coefficient (Wildman–Crippen LogP) is 2.97. The molecule has 0 saturated heterocycles. The number of carbonyl (C=O) groups is 1. The summed E-state index contributed by atoms with van der Waals surface area (Å²) in [6, 6.07) is 6.33. The van der Waals surface area contributed by atoms with Crippen LogP contribution in [0.15, 0.2) is 24.4 Å². The second kappa shape index (κ2) is 4.91. The molecule has 0 amide bonds. The van der Waals surface area contributed by atoms with E-state index in [4.69, 9.17) is 5.11 Å². The van der Waals surface area contributed by atoms with Crippen LogP contribution in [0.3, 0.4) is 0 Å². The number of imidazole rings is 2. The Hall–Kier alpha value is -2.30. The third kappa shape index (κ3) is 2.28. The van der Waals surface area contributed by atoms with Gasteiger partial charge in [0.1, 0.15) is 0 Å². The summed E-state index contributed by atoms with van der Waals surface area (Å²) < 4.78 is 4.02. The van der Waals surface area contributed by atoms with Gasteiger partial charge in [-0.05, 0) is 30.0 Å². The van der Waals surface area contributed by atoms with E-state index in [9.17, 15) is 4.79 Å². The molecule has 1 aromatic carbocycles. The van der Waals surface area contributed by atoms with Crippen molar-refractivity contribution < 1.29 is 9.90 Å². The van der Waals surface area contributed by atoms with Gasteiger partial charge in [-0.1, -0.05) is 19.9 Å². The molecule has 3 aromatic rings. The van der Waals surface area contributed by atoms with Gasteiger partial charge in [0.15, 0.2) is 0 Å². The molecule has 2 aromatic heterocycles. The first-order chi connectivity index (χ1) is 9.97. The first-order valence-corrected chi connectivity index (χ1v) is 7.15. The van der Waals surface area contributed by atoms with Crippen molar-refractivity contribution in [1.82, 2.24) is 14.0 Å². The highest BCUT2D eigenvalue weighted by molar-refractivity contribution is 5.80. The van der Waals surface area contributed by atoms with E-state index < -0.39 is 5.97 Å². The van der Waals surface area contributed by atoms with E-state index in [0.717, 1.165) is 22.5 Å². The first-order valence-electron chi connectivity index (χ1n) is 7.15. The van der Waals surface area contributed by atoms with Crippen LogP contribution in [0.5, 0.6) is 0 Å². The van der Waals surface area contributed by atoms with Gasteiger partial charge in [-0.15, -0.1) is 0 Å². The van der Waals surface area contributed by atoms with E-state index >= 15 is 0 Å². The lowest BCUT2D eigenvalue weighted by Crippen LogP contribution is -2.02. The maximum atomic E-state index is 10.7. The number of hydrogen-bond acceptors (Lipinski definition) is 2. The average molecular weight is 285 g/mol. The fraction of sp³-hybridized carbons (Fsp3) is 0.375. The molecule has 0 radical (unpaired) electrons. The van der Waals surface area contributed by atoms with E-state index in [1.807, 2.05) is 17.8 Å². The zero-order valence-electron chi connectivity index (χ0n) is 12.5. The number of fused-ring (bicyclic) bond motifs is 3. The van der Waals surface area contributed by atoms with Gasteiger partial charge in [-0.2, -0.15) is 0 Å². The van der Waals surface area contributed by atoms with Crippen LogP contribution in [0.25, 0.3) is 16.8 Å².